The van der Waals surface area contributed by atoms with Crippen LogP contribution in [0.1, 0.15) is 40.7 Å². The maximum Gasteiger partial charge on any atom is 0.289 e. The third-order valence-electron chi connectivity index (χ3n) is 5.93. The summed E-state index contributed by atoms with van der Waals surface area (Å²) in [5.74, 6) is 1.74. The van der Waals surface area contributed by atoms with Gasteiger partial charge in [0.05, 0.1) is 11.0 Å². The molecule has 0 saturated carbocycles. The van der Waals surface area contributed by atoms with E-state index < -0.39 is 0 Å². The summed E-state index contributed by atoms with van der Waals surface area (Å²) in [5.41, 5.74) is 3.84. The average Bonchev–Trinajstić information content (AvgIpc) is 3.25. The minimum Gasteiger partial charge on any atom is -0.451 e. The van der Waals surface area contributed by atoms with Gasteiger partial charge in [-0.05, 0) is 38.0 Å². The third-order valence-corrected chi connectivity index (χ3v) is 5.93. The van der Waals surface area contributed by atoms with Crippen LogP contribution in [0.2, 0.25) is 0 Å². The first-order valence-electron chi connectivity index (χ1n) is 9.82. The van der Waals surface area contributed by atoms with E-state index in [1.807, 2.05) is 54.3 Å². The Morgan fingerprint density at radius 2 is 1.93 bits per heavy atom. The Kier molecular flexibility index (Phi) is 3.97. The molecule has 0 N–H and O–H groups in total. The molecule has 0 radical (unpaired) electrons. The summed E-state index contributed by atoms with van der Waals surface area (Å²) in [6, 6.07) is 16.0. The molecule has 1 unspecified atom stereocenters. The predicted molar refractivity (Wildman–Crippen MR) is 110 cm³/mol. The van der Waals surface area contributed by atoms with Crippen LogP contribution in [0.3, 0.4) is 0 Å². The van der Waals surface area contributed by atoms with Crippen molar-refractivity contribution in [1.29, 1.82) is 0 Å². The second-order valence-corrected chi connectivity index (χ2v) is 7.66. The van der Waals surface area contributed by atoms with Gasteiger partial charge in [-0.3, -0.25) is 4.79 Å². The number of hydrogen-bond acceptors (Lipinski definition) is 3. The maximum absolute atomic E-state index is 13.2. The van der Waals surface area contributed by atoms with Gasteiger partial charge in [-0.2, -0.15) is 0 Å². The standard InChI is InChI=1S/C23H23N3O2/c1-15-17-9-3-6-12-20(17)28-21(15)23(27)26-13-7-8-16(14-26)22-24-18-10-4-5-11-19(18)25(22)2/h3-6,9-12,16H,7-8,13-14H2,1-2H3. The fourth-order valence-corrected chi connectivity index (χ4v) is 4.42. The number of imidazole rings is 1. The highest BCUT2D eigenvalue weighted by Gasteiger charge is 2.31. The molecule has 1 saturated heterocycles. The number of para-hydroxylation sites is 3. The van der Waals surface area contributed by atoms with Gasteiger partial charge >= 0.3 is 0 Å². The monoisotopic (exact) mass is 373 g/mol. The Balaban J connectivity index is 1.45. The molecule has 0 spiro atoms. The largest absolute Gasteiger partial charge is 0.451 e. The van der Waals surface area contributed by atoms with Crippen molar-refractivity contribution in [2.45, 2.75) is 25.7 Å². The predicted octanol–water partition coefficient (Wildman–Crippen LogP) is 4.65. The zero-order valence-corrected chi connectivity index (χ0v) is 16.2. The Hall–Kier alpha value is -3.08. The third kappa shape index (κ3) is 2.61. The van der Waals surface area contributed by atoms with Gasteiger partial charge in [0.1, 0.15) is 11.4 Å². The highest BCUT2D eigenvalue weighted by atomic mass is 16.3. The van der Waals surface area contributed by atoms with Gasteiger partial charge in [-0.1, -0.05) is 30.3 Å². The highest BCUT2D eigenvalue weighted by molar-refractivity contribution is 5.99. The number of furan rings is 1. The van der Waals surface area contributed by atoms with E-state index in [0.717, 1.165) is 52.8 Å². The zero-order chi connectivity index (χ0) is 19.3. The van der Waals surface area contributed by atoms with Crippen LogP contribution in [0.25, 0.3) is 22.0 Å². The lowest BCUT2D eigenvalue weighted by Gasteiger charge is -2.32. The fraction of sp³-hybridized carbons (Fsp3) is 0.304. The van der Waals surface area contributed by atoms with Crippen LogP contribution in [0.15, 0.2) is 52.9 Å². The number of carbonyl (C=O) groups is 1. The SMILES string of the molecule is Cc1c(C(=O)N2CCCC(c3nc4ccccc4n3C)C2)oc2ccccc12. The summed E-state index contributed by atoms with van der Waals surface area (Å²) in [6.07, 6.45) is 2.01. The van der Waals surface area contributed by atoms with E-state index in [0.29, 0.717) is 12.3 Å². The highest BCUT2D eigenvalue weighted by Crippen LogP contribution is 2.31. The van der Waals surface area contributed by atoms with Crippen LogP contribution in [0.5, 0.6) is 0 Å². The number of aromatic nitrogens is 2. The number of amides is 1. The van der Waals surface area contributed by atoms with Crippen molar-refractivity contribution in [3.8, 4) is 0 Å². The summed E-state index contributed by atoms with van der Waals surface area (Å²) < 4.78 is 8.08. The second-order valence-electron chi connectivity index (χ2n) is 7.66. The van der Waals surface area contributed by atoms with Crippen LogP contribution in [-0.4, -0.2) is 33.4 Å². The van der Waals surface area contributed by atoms with E-state index in [9.17, 15) is 4.79 Å². The van der Waals surface area contributed by atoms with Crippen molar-refractivity contribution in [2.24, 2.45) is 7.05 Å². The quantitative estimate of drug-likeness (QED) is 0.514. The molecule has 2 aromatic carbocycles. The Bertz CT molecular complexity index is 1190. The molecule has 142 valence electrons. The molecule has 1 atom stereocenters. The molecule has 5 heteroatoms. The molecule has 1 amide bonds. The van der Waals surface area contributed by atoms with E-state index in [2.05, 4.69) is 17.7 Å². The first-order chi connectivity index (χ1) is 13.6. The van der Waals surface area contributed by atoms with Gasteiger partial charge in [0.2, 0.25) is 0 Å². The molecule has 5 rings (SSSR count). The molecule has 0 bridgehead atoms. The molecule has 28 heavy (non-hydrogen) atoms. The molecule has 0 aliphatic carbocycles. The summed E-state index contributed by atoms with van der Waals surface area (Å²) >= 11 is 0. The molecular formula is C23H23N3O2. The molecule has 4 aromatic rings. The maximum atomic E-state index is 13.2. The number of rotatable bonds is 2. The summed E-state index contributed by atoms with van der Waals surface area (Å²) in [5, 5.41) is 1.01. The van der Waals surface area contributed by atoms with Gasteiger partial charge in [0.25, 0.3) is 5.91 Å². The van der Waals surface area contributed by atoms with Crippen molar-refractivity contribution in [1.82, 2.24) is 14.5 Å². The van der Waals surface area contributed by atoms with E-state index in [-0.39, 0.29) is 11.8 Å². The molecule has 1 aliphatic heterocycles. The van der Waals surface area contributed by atoms with Crippen LogP contribution < -0.4 is 0 Å². The van der Waals surface area contributed by atoms with Crippen molar-refractivity contribution in [3.63, 3.8) is 0 Å². The number of likely N-dealkylation sites (tertiary alicyclic amines) is 1. The number of aryl methyl sites for hydroxylation is 2. The van der Waals surface area contributed by atoms with Crippen LogP contribution in [0, 0.1) is 6.92 Å². The second kappa shape index (κ2) is 6.51. The van der Waals surface area contributed by atoms with Crippen LogP contribution in [-0.2, 0) is 7.05 Å². The van der Waals surface area contributed by atoms with E-state index in [1.54, 1.807) is 0 Å². The van der Waals surface area contributed by atoms with E-state index in [1.165, 1.54) is 0 Å². The fourth-order valence-electron chi connectivity index (χ4n) is 4.42. The van der Waals surface area contributed by atoms with Crippen molar-refractivity contribution in [3.05, 3.63) is 65.7 Å². The van der Waals surface area contributed by atoms with Crippen molar-refractivity contribution in [2.75, 3.05) is 13.1 Å². The minimum atomic E-state index is -0.0165. The molecule has 1 fully saturated rings. The number of fused-ring (bicyclic) bond motifs is 2. The molecular weight excluding hydrogens is 350 g/mol. The van der Waals surface area contributed by atoms with Crippen LogP contribution >= 0.6 is 0 Å². The van der Waals surface area contributed by atoms with Crippen molar-refractivity contribution < 1.29 is 9.21 Å². The lowest BCUT2D eigenvalue weighted by molar-refractivity contribution is 0.0673. The molecule has 3 heterocycles. The van der Waals surface area contributed by atoms with Gasteiger partial charge in [-0.25, -0.2) is 4.98 Å². The van der Waals surface area contributed by atoms with E-state index in [4.69, 9.17) is 9.40 Å². The van der Waals surface area contributed by atoms with Gasteiger partial charge in [0, 0.05) is 37.0 Å². The number of carbonyl (C=O) groups excluding carboxylic acids is 1. The van der Waals surface area contributed by atoms with Crippen molar-refractivity contribution >= 4 is 27.9 Å². The molecule has 1 aliphatic rings. The van der Waals surface area contributed by atoms with Gasteiger partial charge in [-0.15, -0.1) is 0 Å². The number of benzene rings is 2. The van der Waals surface area contributed by atoms with Gasteiger partial charge < -0.3 is 13.9 Å². The molecule has 5 nitrogen and oxygen atoms in total. The Labute approximate surface area is 163 Å². The first-order valence-corrected chi connectivity index (χ1v) is 9.82. The average molecular weight is 373 g/mol. The molecule has 2 aromatic heterocycles. The Morgan fingerprint density at radius 1 is 1.14 bits per heavy atom. The lowest BCUT2D eigenvalue weighted by atomic mass is 9.96. The number of piperidine rings is 1. The summed E-state index contributed by atoms with van der Waals surface area (Å²) in [4.78, 5) is 20.0. The lowest BCUT2D eigenvalue weighted by Crippen LogP contribution is -2.39. The van der Waals surface area contributed by atoms with Gasteiger partial charge in [0.15, 0.2) is 5.76 Å². The first kappa shape index (κ1) is 17.0. The summed E-state index contributed by atoms with van der Waals surface area (Å²) in [6.45, 7) is 3.40. The zero-order valence-electron chi connectivity index (χ0n) is 16.2. The minimum absolute atomic E-state index is 0.0165. The Morgan fingerprint density at radius 3 is 2.75 bits per heavy atom. The van der Waals surface area contributed by atoms with E-state index >= 15 is 0 Å². The number of nitrogens with zero attached hydrogens (tertiary/aromatic N) is 3. The normalized spacial score (nSPS) is 17.5. The summed E-state index contributed by atoms with van der Waals surface area (Å²) in [7, 11) is 2.06. The smallest absolute Gasteiger partial charge is 0.289 e. The topological polar surface area (TPSA) is 51.3 Å². The number of hydrogen-bond donors (Lipinski definition) is 0. The van der Waals surface area contributed by atoms with Crippen LogP contribution in [0.4, 0.5) is 0 Å².